The van der Waals surface area contributed by atoms with Crippen LogP contribution in [0, 0.1) is 6.92 Å². The fourth-order valence-corrected chi connectivity index (χ4v) is 2.80. The van der Waals surface area contributed by atoms with Gasteiger partial charge in [0, 0.05) is 9.75 Å². The second-order valence-electron chi connectivity index (χ2n) is 4.38. The molecular weight excluding hydrogens is 310 g/mol. The van der Waals surface area contributed by atoms with E-state index in [9.17, 15) is 0 Å². The first-order valence-electron chi connectivity index (χ1n) is 6.21. The zero-order chi connectivity index (χ0) is 14.8. The first-order valence-corrected chi connectivity index (χ1v) is 7.41. The Morgan fingerprint density at radius 2 is 2.14 bits per heavy atom. The largest absolute Gasteiger partial charge is 0.347 e. The second kappa shape index (κ2) is 5.74. The Labute approximate surface area is 130 Å². The normalized spacial score (nSPS) is 12.3. The van der Waals surface area contributed by atoms with E-state index in [1.807, 2.05) is 6.92 Å². The molecule has 0 saturated carbocycles. The summed E-state index contributed by atoms with van der Waals surface area (Å²) in [6.07, 6.45) is 2.91. The van der Waals surface area contributed by atoms with Crippen molar-refractivity contribution >= 4 is 28.9 Å². The number of aryl methyl sites for hydroxylation is 1. The van der Waals surface area contributed by atoms with Crippen LogP contribution in [0.2, 0.25) is 5.28 Å². The van der Waals surface area contributed by atoms with E-state index < -0.39 is 0 Å². The molecule has 1 N–H and O–H groups in total. The van der Waals surface area contributed by atoms with Crippen LogP contribution in [0.4, 0.5) is 5.95 Å². The maximum absolute atomic E-state index is 5.94. The second-order valence-corrected chi connectivity index (χ2v) is 6.04. The Morgan fingerprint density at radius 1 is 1.29 bits per heavy atom. The van der Waals surface area contributed by atoms with Crippen LogP contribution in [0.1, 0.15) is 22.7 Å². The van der Waals surface area contributed by atoms with Crippen molar-refractivity contribution in [1.29, 1.82) is 0 Å². The van der Waals surface area contributed by atoms with Crippen molar-refractivity contribution in [3.05, 3.63) is 39.8 Å². The van der Waals surface area contributed by atoms with Crippen LogP contribution in [-0.4, -0.2) is 29.7 Å². The van der Waals surface area contributed by atoms with Crippen molar-refractivity contribution in [3.8, 4) is 5.95 Å². The lowest BCUT2D eigenvalue weighted by Crippen LogP contribution is -2.11. The summed E-state index contributed by atoms with van der Waals surface area (Å²) in [4.78, 5) is 18.7. The van der Waals surface area contributed by atoms with Crippen LogP contribution in [0.3, 0.4) is 0 Å². The van der Waals surface area contributed by atoms with E-state index in [1.165, 1.54) is 27.1 Å². The van der Waals surface area contributed by atoms with Crippen molar-refractivity contribution < 1.29 is 0 Å². The van der Waals surface area contributed by atoms with Gasteiger partial charge in [0.25, 0.3) is 5.95 Å². The highest BCUT2D eigenvalue weighted by molar-refractivity contribution is 7.12. The number of halogens is 1. The fourth-order valence-electron chi connectivity index (χ4n) is 1.77. The summed E-state index contributed by atoms with van der Waals surface area (Å²) in [6.45, 7) is 4.11. The zero-order valence-electron chi connectivity index (χ0n) is 11.4. The zero-order valence-corrected chi connectivity index (χ0v) is 12.9. The van der Waals surface area contributed by atoms with Gasteiger partial charge in [-0.15, -0.1) is 11.3 Å². The summed E-state index contributed by atoms with van der Waals surface area (Å²) in [6, 6.07) is 4.24. The Morgan fingerprint density at radius 3 is 2.81 bits per heavy atom. The third-order valence-electron chi connectivity index (χ3n) is 2.75. The number of nitrogens with one attached hydrogen (secondary N) is 1. The van der Waals surface area contributed by atoms with Crippen molar-refractivity contribution in [2.75, 3.05) is 5.32 Å². The van der Waals surface area contributed by atoms with Gasteiger partial charge in [0.05, 0.1) is 6.04 Å². The average molecular weight is 322 g/mol. The highest BCUT2D eigenvalue weighted by Gasteiger charge is 2.12. The third-order valence-corrected chi connectivity index (χ3v) is 4.11. The van der Waals surface area contributed by atoms with E-state index in [0.29, 0.717) is 11.9 Å². The van der Waals surface area contributed by atoms with Gasteiger partial charge >= 0.3 is 0 Å². The summed E-state index contributed by atoms with van der Waals surface area (Å²) >= 11 is 7.67. The number of nitrogens with zero attached hydrogens (tertiary/aromatic N) is 6. The molecule has 0 saturated heterocycles. The SMILES string of the molecule is Cc1ccc(C(C)Nc2nc(Cl)nc(-n3cncn3)n2)s1. The molecule has 3 aromatic heterocycles. The Balaban J connectivity index is 1.85. The highest BCUT2D eigenvalue weighted by Crippen LogP contribution is 2.25. The van der Waals surface area contributed by atoms with E-state index in [4.69, 9.17) is 11.6 Å². The predicted molar refractivity (Wildman–Crippen MR) is 80.8 cm³/mol. The molecule has 1 atom stereocenters. The molecule has 9 heteroatoms. The number of hydrogen-bond acceptors (Lipinski definition) is 7. The molecular formula is C12H12ClN7S. The van der Waals surface area contributed by atoms with Gasteiger partial charge in [-0.3, -0.25) is 0 Å². The summed E-state index contributed by atoms with van der Waals surface area (Å²) in [7, 11) is 0. The molecule has 0 aliphatic heterocycles. The molecule has 3 aromatic rings. The molecule has 108 valence electrons. The lowest BCUT2D eigenvalue weighted by atomic mass is 10.3. The Bertz CT molecular complexity index is 740. The topological polar surface area (TPSA) is 81.4 Å². The molecule has 0 aliphatic rings. The van der Waals surface area contributed by atoms with Gasteiger partial charge in [0.15, 0.2) is 0 Å². The van der Waals surface area contributed by atoms with Gasteiger partial charge < -0.3 is 5.32 Å². The molecule has 3 heterocycles. The molecule has 0 bridgehead atoms. The molecule has 0 aromatic carbocycles. The predicted octanol–water partition coefficient (Wildman–Crippen LogP) is 2.65. The van der Waals surface area contributed by atoms with Gasteiger partial charge in [-0.25, -0.2) is 4.98 Å². The first-order chi connectivity index (χ1) is 10.1. The fraction of sp³-hybridized carbons (Fsp3) is 0.250. The molecule has 0 spiro atoms. The number of thiophene rings is 1. The van der Waals surface area contributed by atoms with E-state index in [1.54, 1.807) is 11.3 Å². The molecule has 0 fully saturated rings. The van der Waals surface area contributed by atoms with Crippen LogP contribution in [0.5, 0.6) is 0 Å². The summed E-state index contributed by atoms with van der Waals surface area (Å²) < 4.78 is 1.43. The quantitative estimate of drug-likeness (QED) is 0.795. The minimum atomic E-state index is 0.0748. The third kappa shape index (κ3) is 3.17. The highest BCUT2D eigenvalue weighted by atomic mass is 35.5. The lowest BCUT2D eigenvalue weighted by molar-refractivity contribution is 0.784. The van der Waals surface area contributed by atoms with Crippen LogP contribution in [0.15, 0.2) is 24.8 Å². The minimum Gasteiger partial charge on any atom is -0.347 e. The summed E-state index contributed by atoms with van der Waals surface area (Å²) in [5, 5.41) is 7.30. The minimum absolute atomic E-state index is 0.0748. The molecule has 21 heavy (non-hydrogen) atoms. The van der Waals surface area contributed by atoms with Gasteiger partial charge in [-0.05, 0) is 37.6 Å². The molecule has 1 unspecified atom stereocenters. The molecule has 0 aliphatic carbocycles. The number of hydrogen-bond donors (Lipinski definition) is 1. The van der Waals surface area contributed by atoms with Crippen molar-refractivity contribution in [1.82, 2.24) is 29.7 Å². The van der Waals surface area contributed by atoms with Crippen molar-refractivity contribution in [2.24, 2.45) is 0 Å². The van der Waals surface area contributed by atoms with Crippen LogP contribution >= 0.6 is 22.9 Å². The number of aromatic nitrogens is 6. The smallest absolute Gasteiger partial charge is 0.258 e. The Kier molecular flexibility index (Phi) is 3.80. The van der Waals surface area contributed by atoms with Gasteiger partial charge in [0.1, 0.15) is 12.7 Å². The van der Waals surface area contributed by atoms with E-state index in [0.717, 1.165) is 0 Å². The van der Waals surface area contributed by atoms with Crippen LogP contribution < -0.4 is 5.32 Å². The van der Waals surface area contributed by atoms with E-state index in [-0.39, 0.29) is 11.3 Å². The van der Waals surface area contributed by atoms with Gasteiger partial charge in [-0.1, -0.05) is 0 Å². The molecule has 0 radical (unpaired) electrons. The van der Waals surface area contributed by atoms with Crippen LogP contribution in [0.25, 0.3) is 5.95 Å². The maximum Gasteiger partial charge on any atom is 0.258 e. The summed E-state index contributed by atoms with van der Waals surface area (Å²) in [5.41, 5.74) is 0. The van der Waals surface area contributed by atoms with Crippen LogP contribution in [-0.2, 0) is 0 Å². The van der Waals surface area contributed by atoms with E-state index in [2.05, 4.69) is 49.4 Å². The summed E-state index contributed by atoms with van der Waals surface area (Å²) in [5.74, 6) is 0.726. The standard InChI is InChI=1S/C12H12ClN7S/c1-7-3-4-9(21-7)8(2)16-11-17-10(13)18-12(19-11)20-6-14-5-15-20/h3-6,8H,1-2H3,(H,16,17,18,19). The van der Waals surface area contributed by atoms with E-state index >= 15 is 0 Å². The monoisotopic (exact) mass is 321 g/mol. The molecule has 3 rings (SSSR count). The molecule has 7 nitrogen and oxygen atoms in total. The van der Waals surface area contributed by atoms with Crippen molar-refractivity contribution in [2.45, 2.75) is 19.9 Å². The number of rotatable bonds is 4. The first kappa shape index (κ1) is 13.9. The Hall–Kier alpha value is -2.06. The van der Waals surface area contributed by atoms with Gasteiger partial charge in [0.2, 0.25) is 11.2 Å². The van der Waals surface area contributed by atoms with Gasteiger partial charge in [-0.2, -0.15) is 24.7 Å². The maximum atomic E-state index is 5.94. The average Bonchev–Trinajstić information content (AvgIpc) is 3.08. The van der Waals surface area contributed by atoms with Crippen molar-refractivity contribution in [3.63, 3.8) is 0 Å². The number of anilines is 1. The molecule has 0 amide bonds. The lowest BCUT2D eigenvalue weighted by Gasteiger charge is -2.12.